The second-order valence-electron chi connectivity index (χ2n) is 8.71. The Balaban J connectivity index is 0.000000390. The summed E-state index contributed by atoms with van der Waals surface area (Å²) >= 11 is 0. The zero-order valence-electron chi connectivity index (χ0n) is 18.0. The van der Waals surface area contributed by atoms with Gasteiger partial charge in [0.1, 0.15) is 21.9 Å². The average Bonchev–Trinajstić information content (AvgIpc) is 2.69. The molecule has 0 aromatic heterocycles. The summed E-state index contributed by atoms with van der Waals surface area (Å²) in [4.78, 5) is 0. The highest BCUT2D eigenvalue weighted by Crippen LogP contribution is 2.41. The van der Waals surface area contributed by atoms with Crippen molar-refractivity contribution in [2.75, 3.05) is 0 Å². The van der Waals surface area contributed by atoms with E-state index in [9.17, 15) is 26.1 Å². The molecule has 0 amide bonds. The van der Waals surface area contributed by atoms with Gasteiger partial charge in [0.25, 0.3) is 0 Å². The van der Waals surface area contributed by atoms with E-state index in [1.165, 1.54) is 70.6 Å². The first-order chi connectivity index (χ1) is 14.8. The van der Waals surface area contributed by atoms with E-state index < -0.39 is 26.0 Å². The molecule has 190 valence electrons. The molecule has 0 spiro atoms. The minimum absolute atomic E-state index is 0.251. The molecule has 0 bridgehead atoms. The van der Waals surface area contributed by atoms with Crippen molar-refractivity contribution in [3.8, 4) is 0 Å². The smallest absolute Gasteiger partial charge is 0.485 e. The van der Waals surface area contributed by atoms with Crippen LogP contribution in [0.5, 0.6) is 0 Å². The van der Waals surface area contributed by atoms with Gasteiger partial charge in [-0.2, -0.15) is 21.6 Å². The third-order valence-electron chi connectivity index (χ3n) is 6.39. The van der Waals surface area contributed by atoms with Crippen molar-refractivity contribution in [1.29, 1.82) is 0 Å². The van der Waals surface area contributed by atoms with Gasteiger partial charge in [0.15, 0.2) is 10.1 Å². The molecule has 3 aliphatic rings. The van der Waals surface area contributed by atoms with E-state index in [0.29, 0.717) is 5.25 Å². The normalized spacial score (nSPS) is 27.1. The van der Waals surface area contributed by atoms with E-state index >= 15 is 0 Å². The number of halogens is 3. The maximum Gasteiger partial charge on any atom is 0.485 e. The molecule has 0 aliphatic heterocycles. The van der Waals surface area contributed by atoms with Gasteiger partial charge >= 0.3 is 15.9 Å². The number of hydrogen-bond donors (Lipinski definition) is 1. The molecule has 3 saturated carbocycles. The van der Waals surface area contributed by atoms with Crippen LogP contribution in [0, 0.1) is 0 Å². The van der Waals surface area contributed by atoms with Crippen LogP contribution in [0.3, 0.4) is 0 Å². The van der Waals surface area contributed by atoms with Gasteiger partial charge in [-0.1, -0.05) is 19.3 Å². The number of rotatable bonds is 5. The lowest BCUT2D eigenvalue weighted by Gasteiger charge is -2.38. The van der Waals surface area contributed by atoms with Gasteiger partial charge in [-0.05, 0) is 81.5 Å². The topological polar surface area (TPSA) is 121 Å². The highest BCUT2D eigenvalue weighted by Gasteiger charge is 2.50. The molecule has 2 atom stereocenters. The minimum atomic E-state index is -6.09. The third kappa shape index (κ3) is 8.94. The quantitative estimate of drug-likeness (QED) is 0.319. The first kappa shape index (κ1) is 28.2. The molecule has 3 fully saturated rings. The summed E-state index contributed by atoms with van der Waals surface area (Å²) in [7, 11) is -10.2. The second kappa shape index (κ2) is 12.1. The van der Waals surface area contributed by atoms with Crippen LogP contribution in [0.1, 0.15) is 89.9 Å². The van der Waals surface area contributed by atoms with Gasteiger partial charge < -0.3 is 4.55 Å². The van der Waals surface area contributed by atoms with Gasteiger partial charge in [-0.15, -0.1) is 0 Å². The van der Waals surface area contributed by atoms with E-state index in [0.717, 1.165) is 29.8 Å². The second-order valence-corrected chi connectivity index (χ2v) is 13.9. The van der Waals surface area contributed by atoms with Crippen LogP contribution < -0.4 is 0 Å². The van der Waals surface area contributed by atoms with Gasteiger partial charge in [0.2, 0.25) is 0 Å². The molecule has 7 nitrogen and oxygen atoms in total. The van der Waals surface area contributed by atoms with Crippen LogP contribution in [-0.2, 0) is 35.6 Å². The lowest BCUT2D eigenvalue weighted by atomic mass is 9.97. The maximum atomic E-state index is 11.4. The van der Waals surface area contributed by atoms with E-state index in [1.807, 2.05) is 0 Å². The molecule has 2 unspecified atom stereocenters. The average molecular weight is 527 g/mol. The zero-order chi connectivity index (χ0) is 24.0. The molecule has 3 aliphatic carbocycles. The van der Waals surface area contributed by atoms with Gasteiger partial charge in [0.05, 0.1) is 0 Å². The largest absolute Gasteiger partial charge is 0.741 e. The van der Waals surface area contributed by atoms with Crippen molar-refractivity contribution < 1.29 is 43.3 Å². The highest BCUT2D eigenvalue weighted by molar-refractivity contribution is 7.98. The lowest BCUT2D eigenvalue weighted by Crippen LogP contribution is -2.50. The van der Waals surface area contributed by atoms with Crippen LogP contribution in [0.2, 0.25) is 0 Å². The molecule has 32 heavy (non-hydrogen) atoms. The summed E-state index contributed by atoms with van der Waals surface area (Å²) in [5.41, 5.74) is -5.65. The number of hydrogen-bond acceptors (Lipinski definition) is 6. The summed E-state index contributed by atoms with van der Waals surface area (Å²) in [5, 5.41) is 1.86. The van der Waals surface area contributed by atoms with Crippen molar-refractivity contribution in [3.63, 3.8) is 0 Å². The lowest BCUT2D eigenvalue weighted by molar-refractivity contribution is -0.0517. The van der Waals surface area contributed by atoms with Crippen LogP contribution >= 0.6 is 0 Å². The Morgan fingerprint density at radius 3 is 1.50 bits per heavy atom. The molecule has 3 rings (SSSR count). The van der Waals surface area contributed by atoms with Crippen LogP contribution in [-0.4, -0.2) is 53.3 Å². The summed E-state index contributed by atoms with van der Waals surface area (Å²) < 4.78 is 96.0. The van der Waals surface area contributed by atoms with E-state index in [-0.39, 0.29) is 17.0 Å². The summed E-state index contributed by atoms with van der Waals surface area (Å²) in [6, 6.07) is 0. The van der Waals surface area contributed by atoms with Crippen LogP contribution in [0.25, 0.3) is 0 Å². The summed E-state index contributed by atoms with van der Waals surface area (Å²) in [5.74, 6) is 0. The maximum absolute atomic E-state index is 11.4. The molecule has 0 heterocycles. The Morgan fingerprint density at radius 1 is 0.750 bits per heavy atom. The third-order valence-corrected chi connectivity index (χ3v) is 11.2. The standard InChI is InChI=1S/C18H32O4S2.CHF3O3S/c19-24(20,21)22-17-13-7-8-14-18(17)23(15-9-3-1-4-10-15)16-11-5-2-6-12-16;2-1(3,4)8(5,6)7/h15-18H,1-14H2;(H,5,6,7). The van der Waals surface area contributed by atoms with Gasteiger partial charge in [-0.3, -0.25) is 4.55 Å². The molecule has 0 aromatic carbocycles. The van der Waals surface area contributed by atoms with Crippen molar-refractivity contribution in [3.05, 3.63) is 0 Å². The molecule has 0 saturated heterocycles. The van der Waals surface area contributed by atoms with Gasteiger partial charge in [0, 0.05) is 0 Å². The molecule has 1 N–H and O–H groups in total. The molecule has 13 heteroatoms. The van der Waals surface area contributed by atoms with E-state index in [4.69, 9.17) is 17.2 Å². The Hall–Kier alpha value is -0.0800. The van der Waals surface area contributed by atoms with Crippen molar-refractivity contribution in [2.24, 2.45) is 0 Å². The summed E-state index contributed by atoms with van der Waals surface area (Å²) in [6.45, 7) is 0. The fourth-order valence-corrected chi connectivity index (χ4v) is 9.96. The first-order valence-corrected chi connectivity index (χ1v) is 15.4. The van der Waals surface area contributed by atoms with Crippen molar-refractivity contribution in [1.82, 2.24) is 0 Å². The predicted octanol–water partition coefficient (Wildman–Crippen LogP) is 4.45. The van der Waals surface area contributed by atoms with Crippen LogP contribution in [0.15, 0.2) is 0 Å². The SMILES string of the molecule is O=S(=O)(O)OC1CCCCC1[S+](C1CCCCC1)C1CCCCC1.O=S(=O)([O-])C(F)(F)F. The fraction of sp³-hybridized carbons (Fsp3) is 1.00. The number of alkyl halides is 3. The zero-order valence-corrected chi connectivity index (χ0v) is 20.4. The Kier molecular flexibility index (Phi) is 10.6. The minimum Gasteiger partial charge on any atom is -0.741 e. The molecule has 0 aromatic rings. The van der Waals surface area contributed by atoms with E-state index in [1.54, 1.807) is 0 Å². The fourth-order valence-electron chi connectivity index (χ4n) is 5.08. The van der Waals surface area contributed by atoms with Crippen molar-refractivity contribution in [2.45, 2.75) is 117 Å². The summed E-state index contributed by atoms with van der Waals surface area (Å²) in [6.07, 6.45) is 17.1. The van der Waals surface area contributed by atoms with E-state index in [2.05, 4.69) is 0 Å². The van der Waals surface area contributed by atoms with Crippen molar-refractivity contribution >= 4 is 31.4 Å². The van der Waals surface area contributed by atoms with Crippen LogP contribution in [0.4, 0.5) is 13.2 Å². The molecular weight excluding hydrogens is 493 g/mol. The van der Waals surface area contributed by atoms with Gasteiger partial charge in [-0.25, -0.2) is 12.6 Å². The molecular formula is C19H33F3O7S3. The Bertz CT molecular complexity index is 756. The Morgan fingerprint density at radius 2 is 1.12 bits per heavy atom. The first-order valence-electron chi connectivity index (χ1n) is 11.2. The predicted molar refractivity (Wildman–Crippen MR) is 116 cm³/mol. The Labute approximate surface area is 191 Å². The molecule has 0 radical (unpaired) electrons. The highest BCUT2D eigenvalue weighted by atomic mass is 32.3. The monoisotopic (exact) mass is 526 g/mol.